The molecule has 0 heterocycles. The molecule has 0 radical (unpaired) electrons. The molecule has 0 atom stereocenters. The van der Waals surface area contributed by atoms with Crippen LogP contribution in [0.2, 0.25) is 0 Å². The summed E-state index contributed by atoms with van der Waals surface area (Å²) in [5.74, 6) is -0.550. The van der Waals surface area contributed by atoms with Gasteiger partial charge in [-0.3, -0.25) is 0 Å². The Balaban J connectivity index is 2.36. The highest BCUT2D eigenvalue weighted by Crippen LogP contribution is 2.25. The Morgan fingerprint density at radius 2 is 1.47 bits per heavy atom. The Morgan fingerprint density at radius 3 is 2.06 bits per heavy atom. The Bertz CT molecular complexity index is 500. The lowest BCUT2D eigenvalue weighted by molar-refractivity contribution is 0.626. The Hall–Kier alpha value is -1.90. The van der Waals surface area contributed by atoms with Crippen molar-refractivity contribution >= 4 is 11.4 Å². The highest BCUT2D eigenvalue weighted by molar-refractivity contribution is 5.62. The van der Waals surface area contributed by atoms with Crippen LogP contribution < -0.4 is 4.90 Å². The predicted molar refractivity (Wildman–Crippen MR) is 65.6 cm³/mol. The van der Waals surface area contributed by atoms with Gasteiger partial charge >= 0.3 is 0 Å². The van der Waals surface area contributed by atoms with Gasteiger partial charge in [0, 0.05) is 18.4 Å². The molecule has 0 saturated carbocycles. The third kappa shape index (κ3) is 2.61. The number of hydrogen-bond acceptors (Lipinski definition) is 1. The van der Waals surface area contributed by atoms with E-state index in [9.17, 15) is 8.78 Å². The number of anilines is 2. The van der Waals surface area contributed by atoms with E-state index in [0.717, 1.165) is 16.9 Å². The minimum Gasteiger partial charge on any atom is -0.345 e. The van der Waals surface area contributed by atoms with E-state index in [1.165, 1.54) is 24.3 Å². The highest BCUT2D eigenvalue weighted by atomic mass is 19.1. The van der Waals surface area contributed by atoms with E-state index in [1.54, 1.807) is 12.1 Å². The smallest absolute Gasteiger partial charge is 0.125 e. The summed E-state index contributed by atoms with van der Waals surface area (Å²) in [6, 6.07) is 10.9. The van der Waals surface area contributed by atoms with Crippen LogP contribution in [0, 0.1) is 18.6 Å². The van der Waals surface area contributed by atoms with Crippen molar-refractivity contribution in [1.82, 2.24) is 0 Å². The van der Waals surface area contributed by atoms with Crippen LogP contribution in [-0.4, -0.2) is 7.05 Å². The van der Waals surface area contributed by atoms with Crippen molar-refractivity contribution in [3.63, 3.8) is 0 Å². The van der Waals surface area contributed by atoms with E-state index in [1.807, 2.05) is 24.9 Å². The molecule has 0 fully saturated rings. The molecule has 88 valence electrons. The first-order valence-corrected chi connectivity index (χ1v) is 5.33. The van der Waals surface area contributed by atoms with Crippen molar-refractivity contribution in [1.29, 1.82) is 0 Å². The minimum atomic E-state index is -0.280. The largest absolute Gasteiger partial charge is 0.345 e. The molecule has 0 saturated heterocycles. The molecular weight excluding hydrogens is 220 g/mol. The van der Waals surface area contributed by atoms with Gasteiger partial charge in [0.25, 0.3) is 0 Å². The van der Waals surface area contributed by atoms with Gasteiger partial charge in [0.1, 0.15) is 11.6 Å². The summed E-state index contributed by atoms with van der Waals surface area (Å²) in [5, 5.41) is 0. The molecule has 2 rings (SSSR count). The molecule has 0 amide bonds. The van der Waals surface area contributed by atoms with Crippen LogP contribution in [0.4, 0.5) is 20.2 Å². The fraction of sp³-hybridized carbons (Fsp3) is 0.143. The summed E-state index contributed by atoms with van der Waals surface area (Å²) < 4.78 is 26.1. The van der Waals surface area contributed by atoms with Crippen LogP contribution in [0.15, 0.2) is 42.5 Å². The average molecular weight is 233 g/mol. The molecule has 0 aliphatic heterocycles. The number of nitrogens with zero attached hydrogens (tertiary/aromatic N) is 1. The van der Waals surface area contributed by atoms with Crippen molar-refractivity contribution in [2.24, 2.45) is 0 Å². The summed E-state index contributed by atoms with van der Waals surface area (Å²) in [5.41, 5.74) is 2.42. The van der Waals surface area contributed by atoms with Crippen LogP contribution >= 0.6 is 0 Å². The minimum absolute atomic E-state index is 0.269. The van der Waals surface area contributed by atoms with Crippen molar-refractivity contribution in [2.45, 2.75) is 6.92 Å². The van der Waals surface area contributed by atoms with E-state index < -0.39 is 0 Å². The van der Waals surface area contributed by atoms with Crippen LogP contribution in [0.3, 0.4) is 0 Å². The first-order chi connectivity index (χ1) is 8.06. The maximum Gasteiger partial charge on any atom is 0.125 e. The molecule has 1 nitrogen and oxygen atoms in total. The molecule has 0 aliphatic rings. The Kier molecular flexibility index (Phi) is 3.09. The number of benzene rings is 2. The summed E-state index contributed by atoms with van der Waals surface area (Å²) in [6.07, 6.45) is 0. The van der Waals surface area contributed by atoms with Gasteiger partial charge in [-0.15, -0.1) is 0 Å². The van der Waals surface area contributed by atoms with Gasteiger partial charge in [-0.2, -0.15) is 0 Å². The normalized spacial score (nSPS) is 10.4. The zero-order chi connectivity index (χ0) is 12.4. The second-order valence-corrected chi connectivity index (χ2v) is 4.02. The molecule has 0 bridgehead atoms. The number of rotatable bonds is 2. The first kappa shape index (κ1) is 11.6. The Labute approximate surface area is 99.3 Å². The fourth-order valence-corrected chi connectivity index (χ4v) is 1.72. The first-order valence-electron chi connectivity index (χ1n) is 5.33. The summed E-state index contributed by atoms with van der Waals surface area (Å²) in [4.78, 5) is 1.82. The maximum atomic E-state index is 13.3. The van der Waals surface area contributed by atoms with Crippen LogP contribution in [0.5, 0.6) is 0 Å². The van der Waals surface area contributed by atoms with Gasteiger partial charge in [0.05, 0.1) is 0 Å². The van der Waals surface area contributed by atoms with Crippen LogP contribution in [0.1, 0.15) is 5.56 Å². The second-order valence-electron chi connectivity index (χ2n) is 4.02. The lowest BCUT2D eigenvalue weighted by Crippen LogP contribution is -2.09. The van der Waals surface area contributed by atoms with Crippen LogP contribution in [0.25, 0.3) is 0 Å². The summed E-state index contributed by atoms with van der Waals surface area (Å²) >= 11 is 0. The molecule has 0 unspecified atom stereocenters. The van der Waals surface area contributed by atoms with Crippen molar-refractivity contribution in [2.75, 3.05) is 11.9 Å². The SMILES string of the molecule is Cc1cc(F)cc(N(C)c2ccc(F)cc2)c1. The number of aryl methyl sites for hydroxylation is 1. The van der Waals surface area contributed by atoms with Gasteiger partial charge in [0.2, 0.25) is 0 Å². The lowest BCUT2D eigenvalue weighted by Gasteiger charge is -2.20. The van der Waals surface area contributed by atoms with Crippen molar-refractivity contribution in [3.8, 4) is 0 Å². The summed E-state index contributed by atoms with van der Waals surface area (Å²) in [6.45, 7) is 1.84. The molecule has 2 aromatic carbocycles. The van der Waals surface area contributed by atoms with Crippen molar-refractivity contribution in [3.05, 3.63) is 59.7 Å². The van der Waals surface area contributed by atoms with Crippen molar-refractivity contribution < 1.29 is 8.78 Å². The number of halogens is 2. The van der Waals surface area contributed by atoms with Gasteiger partial charge in [-0.1, -0.05) is 0 Å². The fourth-order valence-electron chi connectivity index (χ4n) is 1.72. The Morgan fingerprint density at radius 1 is 0.824 bits per heavy atom. The van der Waals surface area contributed by atoms with Gasteiger partial charge in [0.15, 0.2) is 0 Å². The maximum absolute atomic E-state index is 13.3. The number of hydrogen-bond donors (Lipinski definition) is 0. The molecule has 0 aromatic heterocycles. The van der Waals surface area contributed by atoms with Crippen LogP contribution in [-0.2, 0) is 0 Å². The molecule has 0 N–H and O–H groups in total. The van der Waals surface area contributed by atoms with E-state index in [0.29, 0.717) is 0 Å². The molecule has 0 aliphatic carbocycles. The third-order valence-corrected chi connectivity index (χ3v) is 2.63. The van der Waals surface area contributed by atoms with Gasteiger partial charge in [-0.25, -0.2) is 8.78 Å². The summed E-state index contributed by atoms with van der Waals surface area (Å²) in [7, 11) is 1.82. The average Bonchev–Trinajstić information content (AvgIpc) is 2.28. The quantitative estimate of drug-likeness (QED) is 0.756. The monoisotopic (exact) mass is 233 g/mol. The van der Waals surface area contributed by atoms with E-state index in [-0.39, 0.29) is 11.6 Å². The molecular formula is C14H13F2N. The topological polar surface area (TPSA) is 3.24 Å². The standard InChI is InChI=1S/C14H13F2N/c1-10-7-12(16)9-14(8-10)17(2)13-5-3-11(15)4-6-13/h3-9H,1-2H3. The molecule has 2 aromatic rings. The van der Waals surface area contributed by atoms with E-state index >= 15 is 0 Å². The lowest BCUT2D eigenvalue weighted by atomic mass is 10.2. The second kappa shape index (κ2) is 4.53. The molecule has 3 heteroatoms. The van der Waals surface area contributed by atoms with E-state index in [2.05, 4.69) is 0 Å². The van der Waals surface area contributed by atoms with Gasteiger partial charge < -0.3 is 4.90 Å². The van der Waals surface area contributed by atoms with Gasteiger partial charge in [-0.05, 0) is 55.0 Å². The van der Waals surface area contributed by atoms with E-state index in [4.69, 9.17) is 0 Å². The zero-order valence-electron chi connectivity index (χ0n) is 9.74. The zero-order valence-corrected chi connectivity index (χ0v) is 9.74. The third-order valence-electron chi connectivity index (χ3n) is 2.63. The molecule has 0 spiro atoms. The molecule has 17 heavy (non-hydrogen) atoms. The predicted octanol–water partition coefficient (Wildman–Crippen LogP) is 4.04. The highest BCUT2D eigenvalue weighted by Gasteiger charge is 2.06.